The number of rotatable bonds is 8. The van der Waals surface area contributed by atoms with Crippen LogP contribution >= 0.6 is 0 Å². The molecule has 2 heterocycles. The van der Waals surface area contributed by atoms with Crippen LogP contribution in [-0.2, 0) is 16.1 Å². The third-order valence-corrected chi connectivity index (χ3v) is 5.86. The van der Waals surface area contributed by atoms with E-state index >= 15 is 0 Å². The van der Waals surface area contributed by atoms with Crippen LogP contribution in [0.15, 0.2) is 103 Å². The van der Waals surface area contributed by atoms with Crippen LogP contribution in [-0.4, -0.2) is 33.6 Å². The summed E-state index contributed by atoms with van der Waals surface area (Å²) in [6.45, 7) is 0.479. The van der Waals surface area contributed by atoms with Gasteiger partial charge in [-0.25, -0.2) is 14.3 Å². The maximum absolute atomic E-state index is 13.1. The molecule has 0 saturated carbocycles. The van der Waals surface area contributed by atoms with Crippen LogP contribution in [0.1, 0.15) is 27.7 Å². The summed E-state index contributed by atoms with van der Waals surface area (Å²) in [4.78, 5) is 30.0. The normalized spacial score (nSPS) is 11.6. The maximum Gasteiger partial charge on any atom is 0.333 e. The van der Waals surface area contributed by atoms with Gasteiger partial charge in [-0.15, -0.1) is 0 Å². The largest absolute Gasteiger partial charge is 0.489 e. The van der Waals surface area contributed by atoms with Crippen molar-refractivity contribution in [2.24, 2.45) is 0 Å². The number of nitrogens with one attached hydrogen (secondary N) is 1. The minimum atomic E-state index is -0.954. The highest BCUT2D eigenvalue weighted by atomic mass is 16.5. The SMILES string of the molecule is COC(=O)[C@H](NC(=O)c1ccn2ncc(-c3ccc(OCc4ccccc4)cc3)c2n1)c1ccccc1. The molecule has 0 unspecified atom stereocenters. The lowest BCUT2D eigenvalue weighted by molar-refractivity contribution is -0.143. The third kappa shape index (κ3) is 5.33. The Labute approximate surface area is 213 Å². The lowest BCUT2D eigenvalue weighted by Crippen LogP contribution is -2.35. The number of aromatic nitrogens is 3. The number of esters is 1. The molecule has 0 aliphatic rings. The fraction of sp³-hybridized carbons (Fsp3) is 0.103. The zero-order valence-electron chi connectivity index (χ0n) is 20.1. The Bertz CT molecular complexity index is 1520. The fourth-order valence-corrected chi connectivity index (χ4v) is 3.92. The molecule has 0 saturated heterocycles. The van der Waals surface area contributed by atoms with E-state index in [0.29, 0.717) is 17.8 Å². The summed E-state index contributed by atoms with van der Waals surface area (Å²) in [5.41, 5.74) is 4.01. The second-order valence-corrected chi connectivity index (χ2v) is 8.28. The smallest absolute Gasteiger partial charge is 0.333 e. The summed E-state index contributed by atoms with van der Waals surface area (Å²) < 4.78 is 12.4. The van der Waals surface area contributed by atoms with Crippen molar-refractivity contribution in [3.05, 3.63) is 120 Å². The molecule has 0 aliphatic heterocycles. The second-order valence-electron chi connectivity index (χ2n) is 8.28. The molecule has 0 radical (unpaired) electrons. The Morgan fingerprint density at radius 2 is 1.62 bits per heavy atom. The predicted octanol–water partition coefficient (Wildman–Crippen LogP) is 4.62. The molecule has 2 aromatic heterocycles. The Morgan fingerprint density at radius 3 is 2.32 bits per heavy atom. The molecule has 37 heavy (non-hydrogen) atoms. The molecule has 0 spiro atoms. The minimum absolute atomic E-state index is 0.155. The maximum atomic E-state index is 13.1. The van der Waals surface area contributed by atoms with Gasteiger partial charge in [-0.05, 0) is 34.9 Å². The molecule has 1 N–H and O–H groups in total. The van der Waals surface area contributed by atoms with Gasteiger partial charge >= 0.3 is 5.97 Å². The van der Waals surface area contributed by atoms with E-state index in [9.17, 15) is 9.59 Å². The molecule has 3 aromatic carbocycles. The summed E-state index contributed by atoms with van der Waals surface area (Å²) in [5.74, 6) is -0.328. The van der Waals surface area contributed by atoms with Crippen LogP contribution in [0.3, 0.4) is 0 Å². The van der Waals surface area contributed by atoms with E-state index in [-0.39, 0.29) is 5.69 Å². The van der Waals surface area contributed by atoms with Gasteiger partial charge in [0.2, 0.25) is 0 Å². The van der Waals surface area contributed by atoms with E-state index in [1.807, 2.05) is 60.7 Å². The van der Waals surface area contributed by atoms with E-state index in [1.54, 1.807) is 47.2 Å². The molecule has 0 fully saturated rings. The number of amides is 1. The van der Waals surface area contributed by atoms with Crippen LogP contribution in [0, 0.1) is 0 Å². The summed E-state index contributed by atoms with van der Waals surface area (Å²) in [6.07, 6.45) is 3.36. The Balaban J connectivity index is 1.36. The molecule has 8 nitrogen and oxygen atoms in total. The number of benzene rings is 3. The second kappa shape index (κ2) is 10.7. The number of nitrogens with zero attached hydrogens (tertiary/aromatic N) is 3. The van der Waals surface area contributed by atoms with Crippen molar-refractivity contribution in [1.82, 2.24) is 19.9 Å². The van der Waals surface area contributed by atoms with Crippen molar-refractivity contribution in [1.29, 1.82) is 0 Å². The average Bonchev–Trinajstić information content (AvgIpc) is 3.39. The molecule has 0 aliphatic carbocycles. The summed E-state index contributed by atoms with van der Waals surface area (Å²) >= 11 is 0. The van der Waals surface area contributed by atoms with E-state index in [2.05, 4.69) is 15.4 Å². The number of carbonyl (C=O) groups excluding carboxylic acids is 2. The van der Waals surface area contributed by atoms with Crippen LogP contribution in [0.5, 0.6) is 5.75 Å². The molecule has 1 atom stereocenters. The molecule has 184 valence electrons. The van der Waals surface area contributed by atoms with Crippen LogP contribution in [0.2, 0.25) is 0 Å². The van der Waals surface area contributed by atoms with Gasteiger partial charge in [0.1, 0.15) is 18.1 Å². The van der Waals surface area contributed by atoms with Crippen LogP contribution < -0.4 is 10.1 Å². The quantitative estimate of drug-likeness (QED) is 0.318. The van der Waals surface area contributed by atoms with Crippen LogP contribution in [0.25, 0.3) is 16.8 Å². The van der Waals surface area contributed by atoms with Crippen LogP contribution in [0.4, 0.5) is 0 Å². The number of fused-ring (bicyclic) bond motifs is 1. The molecule has 0 bridgehead atoms. The zero-order valence-corrected chi connectivity index (χ0v) is 20.1. The highest BCUT2D eigenvalue weighted by molar-refractivity contribution is 5.96. The van der Waals surface area contributed by atoms with Gasteiger partial charge in [0.25, 0.3) is 5.91 Å². The van der Waals surface area contributed by atoms with E-state index in [1.165, 1.54) is 7.11 Å². The first kappa shape index (κ1) is 23.7. The molecule has 5 aromatic rings. The topological polar surface area (TPSA) is 94.8 Å². The van der Waals surface area contributed by atoms with Crippen molar-refractivity contribution in [3.8, 4) is 16.9 Å². The molecule has 5 rings (SSSR count). The monoisotopic (exact) mass is 492 g/mol. The number of methoxy groups -OCH3 is 1. The molecular formula is C29H24N4O4. The van der Waals surface area contributed by atoms with Gasteiger partial charge in [-0.3, -0.25) is 4.79 Å². The first-order valence-electron chi connectivity index (χ1n) is 11.7. The summed E-state index contributed by atoms with van der Waals surface area (Å²) in [6, 6.07) is 27.1. The van der Waals surface area contributed by atoms with E-state index < -0.39 is 17.9 Å². The van der Waals surface area contributed by atoms with Gasteiger partial charge in [0, 0.05) is 11.8 Å². The Kier molecular flexibility index (Phi) is 6.89. The predicted molar refractivity (Wildman–Crippen MR) is 138 cm³/mol. The highest BCUT2D eigenvalue weighted by Crippen LogP contribution is 2.26. The Hall–Kier alpha value is -4.98. The standard InChI is InChI=1S/C29H24N4O4/c1-36-29(35)26(22-10-6-3-7-11-22)32-28(34)25-16-17-33-27(31-25)24(18-30-33)21-12-14-23(15-13-21)37-19-20-8-4-2-5-9-20/h2-18,26H,19H2,1H3,(H,32,34)/t26-/m1/s1. The lowest BCUT2D eigenvalue weighted by atomic mass is 10.1. The first-order valence-corrected chi connectivity index (χ1v) is 11.7. The number of hydrogen-bond donors (Lipinski definition) is 1. The fourth-order valence-electron chi connectivity index (χ4n) is 3.92. The third-order valence-electron chi connectivity index (χ3n) is 5.86. The van der Waals surface area contributed by atoms with Gasteiger partial charge in [0.15, 0.2) is 11.7 Å². The van der Waals surface area contributed by atoms with Crippen molar-refractivity contribution < 1.29 is 19.1 Å². The highest BCUT2D eigenvalue weighted by Gasteiger charge is 2.25. The number of carbonyl (C=O) groups is 2. The van der Waals surface area contributed by atoms with Gasteiger partial charge in [-0.2, -0.15) is 5.10 Å². The zero-order chi connectivity index (χ0) is 25.6. The van der Waals surface area contributed by atoms with Gasteiger partial charge in [0.05, 0.1) is 13.3 Å². The summed E-state index contributed by atoms with van der Waals surface area (Å²) in [5, 5.41) is 7.09. The lowest BCUT2D eigenvalue weighted by Gasteiger charge is -2.16. The van der Waals surface area contributed by atoms with Crippen molar-refractivity contribution in [2.45, 2.75) is 12.6 Å². The van der Waals surface area contributed by atoms with E-state index in [0.717, 1.165) is 22.4 Å². The van der Waals surface area contributed by atoms with E-state index in [4.69, 9.17) is 9.47 Å². The average molecular weight is 493 g/mol. The first-order chi connectivity index (χ1) is 18.1. The molecule has 8 heteroatoms. The van der Waals surface area contributed by atoms with Gasteiger partial charge in [-0.1, -0.05) is 72.8 Å². The molecular weight excluding hydrogens is 468 g/mol. The minimum Gasteiger partial charge on any atom is -0.489 e. The summed E-state index contributed by atoms with van der Waals surface area (Å²) in [7, 11) is 1.28. The van der Waals surface area contributed by atoms with Crippen molar-refractivity contribution >= 4 is 17.5 Å². The molecule has 1 amide bonds. The Morgan fingerprint density at radius 1 is 0.919 bits per heavy atom. The number of ether oxygens (including phenoxy) is 2. The van der Waals surface area contributed by atoms with Crippen molar-refractivity contribution in [3.63, 3.8) is 0 Å². The van der Waals surface area contributed by atoms with Crippen molar-refractivity contribution in [2.75, 3.05) is 7.11 Å². The van der Waals surface area contributed by atoms with Gasteiger partial charge < -0.3 is 14.8 Å². The number of hydrogen-bond acceptors (Lipinski definition) is 6.